The molecule has 0 saturated heterocycles. The molecule has 0 aliphatic heterocycles. The Morgan fingerprint density at radius 2 is 2.00 bits per heavy atom. The highest BCUT2D eigenvalue weighted by molar-refractivity contribution is 5.90. The van der Waals surface area contributed by atoms with E-state index in [0.29, 0.717) is 11.3 Å². The first-order valence-electron chi connectivity index (χ1n) is 8.47. The number of nitrogens with one attached hydrogen (secondary N) is 2. The lowest BCUT2D eigenvalue weighted by molar-refractivity contribution is -0.120. The lowest BCUT2D eigenvalue weighted by atomic mass is 9.88. The van der Waals surface area contributed by atoms with Gasteiger partial charge in [0.1, 0.15) is 0 Å². The first-order chi connectivity index (χ1) is 12.2. The fourth-order valence-electron chi connectivity index (χ4n) is 3.21. The van der Waals surface area contributed by atoms with Gasteiger partial charge < -0.3 is 15.4 Å². The molecular formula is C20H22N2O3. The zero-order valence-corrected chi connectivity index (χ0v) is 14.2. The molecule has 0 aromatic heterocycles. The lowest BCUT2D eigenvalue weighted by Crippen LogP contribution is -2.35. The number of esters is 1. The van der Waals surface area contributed by atoms with Crippen molar-refractivity contribution in [2.24, 2.45) is 0 Å². The van der Waals surface area contributed by atoms with Gasteiger partial charge in [-0.3, -0.25) is 4.79 Å². The normalized spacial score (nSPS) is 15.8. The van der Waals surface area contributed by atoms with Crippen LogP contribution in [0.2, 0.25) is 0 Å². The molecule has 0 bridgehead atoms. The third kappa shape index (κ3) is 4.18. The minimum Gasteiger partial charge on any atom is -0.465 e. The Bertz CT molecular complexity index is 773. The Labute approximate surface area is 147 Å². The summed E-state index contributed by atoms with van der Waals surface area (Å²) in [7, 11) is 1.35. The zero-order chi connectivity index (χ0) is 17.6. The highest BCUT2D eigenvalue weighted by Crippen LogP contribution is 2.29. The van der Waals surface area contributed by atoms with Gasteiger partial charge in [-0.2, -0.15) is 0 Å². The minimum absolute atomic E-state index is 0.0647. The minimum atomic E-state index is -0.396. The van der Waals surface area contributed by atoms with Gasteiger partial charge in [0.25, 0.3) is 0 Å². The molecule has 0 radical (unpaired) electrons. The molecule has 130 valence electrons. The molecule has 1 aliphatic carbocycles. The quantitative estimate of drug-likeness (QED) is 0.822. The number of aryl methyl sites for hydroxylation is 1. The van der Waals surface area contributed by atoms with Gasteiger partial charge in [-0.25, -0.2) is 4.79 Å². The summed E-state index contributed by atoms with van der Waals surface area (Å²) in [4.78, 5) is 23.9. The smallest absolute Gasteiger partial charge is 0.337 e. The highest BCUT2D eigenvalue weighted by atomic mass is 16.5. The van der Waals surface area contributed by atoms with E-state index in [-0.39, 0.29) is 18.5 Å². The fraction of sp³-hybridized carbons (Fsp3) is 0.300. The van der Waals surface area contributed by atoms with Crippen LogP contribution >= 0.6 is 0 Å². The summed E-state index contributed by atoms with van der Waals surface area (Å²) in [5.74, 6) is -0.461. The molecule has 1 aliphatic rings. The summed E-state index contributed by atoms with van der Waals surface area (Å²) in [6.07, 6.45) is 3.11. The highest BCUT2D eigenvalue weighted by Gasteiger charge is 2.21. The predicted molar refractivity (Wildman–Crippen MR) is 96.5 cm³/mol. The van der Waals surface area contributed by atoms with E-state index in [9.17, 15) is 9.59 Å². The molecule has 2 aromatic carbocycles. The van der Waals surface area contributed by atoms with E-state index in [1.165, 1.54) is 18.2 Å². The molecule has 5 nitrogen and oxygen atoms in total. The van der Waals surface area contributed by atoms with Crippen molar-refractivity contribution in [1.29, 1.82) is 0 Å². The van der Waals surface area contributed by atoms with Crippen LogP contribution in [0.5, 0.6) is 0 Å². The van der Waals surface area contributed by atoms with Gasteiger partial charge in [-0.1, -0.05) is 30.3 Å². The first-order valence-corrected chi connectivity index (χ1v) is 8.47. The number of anilines is 1. The maximum Gasteiger partial charge on any atom is 0.337 e. The van der Waals surface area contributed by atoms with Crippen molar-refractivity contribution in [2.45, 2.75) is 25.3 Å². The van der Waals surface area contributed by atoms with Crippen LogP contribution in [0.15, 0.2) is 48.5 Å². The maximum absolute atomic E-state index is 12.3. The van der Waals surface area contributed by atoms with E-state index in [1.54, 1.807) is 18.2 Å². The van der Waals surface area contributed by atoms with Gasteiger partial charge >= 0.3 is 5.97 Å². The molecule has 1 atom stereocenters. The van der Waals surface area contributed by atoms with E-state index in [1.807, 2.05) is 18.2 Å². The monoisotopic (exact) mass is 338 g/mol. The SMILES string of the molecule is COC(=O)c1cccc(NCC(=O)N[C@H]2CCCc3ccccc32)c1. The average molecular weight is 338 g/mol. The number of carbonyl (C=O) groups excluding carboxylic acids is 2. The van der Waals surface area contributed by atoms with Gasteiger partial charge in [0.2, 0.25) is 5.91 Å². The van der Waals surface area contributed by atoms with E-state index < -0.39 is 5.97 Å². The van der Waals surface area contributed by atoms with Crippen molar-refractivity contribution >= 4 is 17.6 Å². The third-order valence-electron chi connectivity index (χ3n) is 4.44. The van der Waals surface area contributed by atoms with Crippen LogP contribution in [0, 0.1) is 0 Å². The van der Waals surface area contributed by atoms with Crippen LogP contribution < -0.4 is 10.6 Å². The summed E-state index contributed by atoms with van der Waals surface area (Å²) < 4.78 is 4.70. The van der Waals surface area contributed by atoms with Crippen LogP contribution in [0.3, 0.4) is 0 Å². The molecule has 0 unspecified atom stereocenters. The van der Waals surface area contributed by atoms with E-state index in [0.717, 1.165) is 19.3 Å². The molecule has 3 rings (SSSR count). The Balaban J connectivity index is 1.58. The number of fused-ring (bicyclic) bond motifs is 1. The number of hydrogen-bond acceptors (Lipinski definition) is 4. The van der Waals surface area contributed by atoms with Crippen LogP contribution in [-0.2, 0) is 16.0 Å². The van der Waals surface area contributed by atoms with Crippen LogP contribution in [0.25, 0.3) is 0 Å². The number of hydrogen-bond donors (Lipinski definition) is 2. The zero-order valence-electron chi connectivity index (χ0n) is 14.2. The van der Waals surface area contributed by atoms with Crippen LogP contribution in [0.4, 0.5) is 5.69 Å². The fourth-order valence-corrected chi connectivity index (χ4v) is 3.21. The number of carbonyl (C=O) groups is 2. The Morgan fingerprint density at radius 3 is 2.84 bits per heavy atom. The number of rotatable bonds is 5. The van der Waals surface area contributed by atoms with E-state index >= 15 is 0 Å². The molecule has 0 heterocycles. The molecule has 25 heavy (non-hydrogen) atoms. The summed E-state index contributed by atoms with van der Waals surface area (Å²) in [5.41, 5.74) is 3.70. The Morgan fingerprint density at radius 1 is 1.16 bits per heavy atom. The van der Waals surface area contributed by atoms with E-state index in [4.69, 9.17) is 4.74 Å². The lowest BCUT2D eigenvalue weighted by Gasteiger charge is -2.26. The number of amides is 1. The van der Waals surface area contributed by atoms with Gasteiger partial charge in [0.05, 0.1) is 25.3 Å². The van der Waals surface area contributed by atoms with Crippen molar-refractivity contribution in [3.63, 3.8) is 0 Å². The average Bonchev–Trinajstić information content (AvgIpc) is 2.66. The molecule has 5 heteroatoms. The van der Waals surface area contributed by atoms with Crippen LogP contribution in [-0.4, -0.2) is 25.5 Å². The molecular weight excluding hydrogens is 316 g/mol. The second-order valence-corrected chi connectivity index (χ2v) is 6.14. The topological polar surface area (TPSA) is 67.4 Å². The summed E-state index contributed by atoms with van der Waals surface area (Å²) >= 11 is 0. The van der Waals surface area contributed by atoms with Crippen LogP contribution in [0.1, 0.15) is 40.4 Å². The molecule has 2 aromatic rings. The Kier molecular flexibility index (Phi) is 5.33. The molecule has 0 fully saturated rings. The number of benzene rings is 2. The summed E-state index contributed by atoms with van der Waals surface area (Å²) in [5, 5.41) is 6.16. The molecule has 0 saturated carbocycles. The largest absolute Gasteiger partial charge is 0.465 e. The molecule has 1 amide bonds. The third-order valence-corrected chi connectivity index (χ3v) is 4.44. The van der Waals surface area contributed by atoms with E-state index in [2.05, 4.69) is 22.8 Å². The number of ether oxygens (including phenoxy) is 1. The maximum atomic E-state index is 12.3. The summed E-state index contributed by atoms with van der Waals surface area (Å²) in [6, 6.07) is 15.3. The molecule has 2 N–H and O–H groups in total. The van der Waals surface area contributed by atoms with Crippen molar-refractivity contribution in [3.8, 4) is 0 Å². The standard InChI is InChI=1S/C20H22N2O3/c1-25-20(24)15-8-4-9-16(12-15)21-13-19(23)22-18-11-5-7-14-6-2-3-10-17(14)18/h2-4,6,8-10,12,18,21H,5,7,11,13H2,1H3,(H,22,23)/t18-/m0/s1. The van der Waals surface area contributed by atoms with Gasteiger partial charge in [-0.15, -0.1) is 0 Å². The number of methoxy groups -OCH3 is 1. The first kappa shape index (κ1) is 17.0. The van der Waals surface area contributed by atoms with Crippen molar-refractivity contribution in [3.05, 3.63) is 65.2 Å². The second-order valence-electron chi connectivity index (χ2n) is 6.14. The van der Waals surface area contributed by atoms with Crippen molar-refractivity contribution in [1.82, 2.24) is 5.32 Å². The molecule has 0 spiro atoms. The predicted octanol–water partition coefficient (Wildman–Crippen LogP) is 3.08. The van der Waals surface area contributed by atoms with Gasteiger partial charge in [0.15, 0.2) is 0 Å². The Hall–Kier alpha value is -2.82. The summed E-state index contributed by atoms with van der Waals surface area (Å²) in [6.45, 7) is 0.156. The second kappa shape index (κ2) is 7.83. The van der Waals surface area contributed by atoms with Crippen molar-refractivity contribution in [2.75, 3.05) is 19.0 Å². The van der Waals surface area contributed by atoms with Gasteiger partial charge in [-0.05, 0) is 48.6 Å². The van der Waals surface area contributed by atoms with Gasteiger partial charge in [0, 0.05) is 5.69 Å². The van der Waals surface area contributed by atoms with Crippen molar-refractivity contribution < 1.29 is 14.3 Å².